The smallest absolute Gasteiger partial charge is 0.265 e. The molecule has 210 valence electrons. The van der Waals surface area contributed by atoms with Crippen LogP contribution in [0.3, 0.4) is 0 Å². The number of ether oxygens (including phenoxy) is 1. The largest absolute Gasteiger partial charge is 0.482 e. The first kappa shape index (κ1) is 27.6. The molecule has 0 unspecified atom stereocenters. The first-order valence-electron chi connectivity index (χ1n) is 13.8. The van der Waals surface area contributed by atoms with Gasteiger partial charge in [-0.15, -0.1) is 0 Å². The number of carbonyl (C=O) groups excluding carboxylic acids is 2. The number of anilines is 1. The van der Waals surface area contributed by atoms with Crippen LogP contribution in [0, 0.1) is 11.8 Å². The van der Waals surface area contributed by atoms with Crippen LogP contribution < -0.4 is 15.0 Å². The van der Waals surface area contributed by atoms with Gasteiger partial charge in [-0.3, -0.25) is 19.4 Å². The number of likely N-dealkylation sites (tertiary alicyclic amines) is 1. The molecule has 3 heterocycles. The molecule has 0 aromatic heterocycles. The van der Waals surface area contributed by atoms with Crippen LogP contribution in [0.4, 0.5) is 5.69 Å². The Hall–Kier alpha value is -2.95. The average molecular weight is 555 g/mol. The molecule has 0 radical (unpaired) electrons. The number of sulfonamides is 1. The van der Waals surface area contributed by atoms with Crippen molar-refractivity contribution in [1.29, 1.82) is 0 Å². The summed E-state index contributed by atoms with van der Waals surface area (Å²) in [6.07, 6.45) is 2.66. The summed E-state index contributed by atoms with van der Waals surface area (Å²) in [5, 5.41) is 3.08. The second-order valence-electron chi connectivity index (χ2n) is 11.3. The second-order valence-corrected chi connectivity index (χ2v) is 13.2. The van der Waals surface area contributed by atoms with Crippen molar-refractivity contribution in [3.63, 3.8) is 0 Å². The fourth-order valence-corrected chi connectivity index (χ4v) is 7.66. The van der Waals surface area contributed by atoms with Crippen LogP contribution in [0.1, 0.15) is 38.7 Å². The van der Waals surface area contributed by atoms with Gasteiger partial charge in [0.25, 0.3) is 5.91 Å². The molecule has 0 saturated carbocycles. The predicted molar refractivity (Wildman–Crippen MR) is 149 cm³/mol. The van der Waals surface area contributed by atoms with Gasteiger partial charge in [0.05, 0.1) is 10.6 Å². The zero-order valence-corrected chi connectivity index (χ0v) is 23.5. The number of rotatable bonds is 7. The number of nitrogens with one attached hydrogen (secondary N) is 1. The third-order valence-electron chi connectivity index (χ3n) is 7.85. The van der Waals surface area contributed by atoms with E-state index in [-0.39, 0.29) is 47.7 Å². The van der Waals surface area contributed by atoms with Crippen molar-refractivity contribution in [1.82, 2.24) is 14.5 Å². The molecule has 5 rings (SSSR count). The van der Waals surface area contributed by atoms with E-state index in [1.807, 2.05) is 18.2 Å². The Bertz CT molecular complexity index is 1280. The molecule has 2 amide bonds. The number of hydrogen-bond acceptors (Lipinski definition) is 6. The quantitative estimate of drug-likeness (QED) is 0.565. The van der Waals surface area contributed by atoms with Gasteiger partial charge in [0, 0.05) is 38.8 Å². The highest BCUT2D eigenvalue weighted by molar-refractivity contribution is 7.89. The molecule has 2 atom stereocenters. The van der Waals surface area contributed by atoms with Crippen molar-refractivity contribution in [3.05, 3.63) is 54.1 Å². The molecule has 0 spiro atoms. The number of piperidine rings is 2. The van der Waals surface area contributed by atoms with E-state index in [1.54, 1.807) is 6.07 Å². The first-order valence-corrected chi connectivity index (χ1v) is 15.3. The molecule has 10 heteroatoms. The summed E-state index contributed by atoms with van der Waals surface area (Å²) < 4.78 is 34.1. The molecule has 39 heavy (non-hydrogen) atoms. The molecular weight excluding hydrogens is 516 g/mol. The molecule has 9 nitrogen and oxygen atoms in total. The number of fused-ring (bicyclic) bond motifs is 1. The minimum absolute atomic E-state index is 0.0370. The predicted octanol–water partition coefficient (Wildman–Crippen LogP) is 2.86. The average Bonchev–Trinajstić information content (AvgIpc) is 2.91. The highest BCUT2D eigenvalue weighted by atomic mass is 32.2. The van der Waals surface area contributed by atoms with Crippen LogP contribution in [-0.2, 0) is 26.2 Å². The number of nitrogens with zero attached hydrogens (tertiary/aromatic N) is 3. The van der Waals surface area contributed by atoms with Crippen molar-refractivity contribution < 1.29 is 22.7 Å². The van der Waals surface area contributed by atoms with Crippen molar-refractivity contribution in [3.8, 4) is 5.75 Å². The summed E-state index contributed by atoms with van der Waals surface area (Å²) in [7, 11) is -3.75. The molecule has 0 aliphatic carbocycles. The number of hydrogen-bond donors (Lipinski definition) is 1. The van der Waals surface area contributed by atoms with Gasteiger partial charge in [-0.1, -0.05) is 44.2 Å². The molecular formula is C29H38N4O5S. The highest BCUT2D eigenvalue weighted by Crippen LogP contribution is 2.36. The molecule has 0 bridgehead atoms. The number of carbonyl (C=O) groups is 2. The van der Waals surface area contributed by atoms with Crippen LogP contribution in [-0.4, -0.2) is 74.8 Å². The zero-order chi connectivity index (χ0) is 27.6. The SMILES string of the molecule is C[C@@H]1C[C@H](C)CN(S(=O)(=O)c2ccc3c(c2)N(CC(=O)NC2CCN(Cc4ccccc4)CC2)C(=O)CO3)C1. The van der Waals surface area contributed by atoms with E-state index in [1.165, 1.54) is 26.9 Å². The van der Waals surface area contributed by atoms with E-state index in [4.69, 9.17) is 4.74 Å². The Morgan fingerprint density at radius 1 is 1.03 bits per heavy atom. The van der Waals surface area contributed by atoms with Crippen LogP contribution in [0.25, 0.3) is 0 Å². The van der Waals surface area contributed by atoms with Crippen molar-refractivity contribution in [2.75, 3.05) is 44.2 Å². The Morgan fingerprint density at radius 2 is 1.72 bits per heavy atom. The van der Waals surface area contributed by atoms with Gasteiger partial charge >= 0.3 is 0 Å². The van der Waals surface area contributed by atoms with Crippen LogP contribution in [0.2, 0.25) is 0 Å². The van der Waals surface area contributed by atoms with Gasteiger partial charge in [-0.05, 0) is 54.9 Å². The zero-order valence-electron chi connectivity index (χ0n) is 22.7. The Morgan fingerprint density at radius 3 is 2.41 bits per heavy atom. The Labute approximate surface area is 231 Å². The standard InChI is InChI=1S/C29H38N4O5S/c1-21-14-22(2)17-32(16-21)39(36,37)25-8-9-27-26(15-25)33(29(35)20-38-27)19-28(34)30-24-10-12-31(13-11-24)18-23-6-4-3-5-7-23/h3-9,15,21-22,24H,10-14,16-20H2,1-2H3,(H,30,34)/t21-,22+. The van der Waals surface area contributed by atoms with E-state index in [2.05, 4.69) is 36.2 Å². The molecule has 2 fully saturated rings. The summed E-state index contributed by atoms with van der Waals surface area (Å²) in [6.45, 7) is 7.34. The first-order chi connectivity index (χ1) is 18.7. The van der Waals surface area contributed by atoms with E-state index >= 15 is 0 Å². The van der Waals surface area contributed by atoms with E-state index in [0.717, 1.165) is 38.9 Å². The minimum Gasteiger partial charge on any atom is -0.482 e. The van der Waals surface area contributed by atoms with Crippen LogP contribution in [0.15, 0.2) is 53.4 Å². The highest BCUT2D eigenvalue weighted by Gasteiger charge is 2.34. The van der Waals surface area contributed by atoms with Gasteiger partial charge in [-0.2, -0.15) is 4.31 Å². The van der Waals surface area contributed by atoms with Gasteiger partial charge in [-0.25, -0.2) is 8.42 Å². The lowest BCUT2D eigenvalue weighted by Crippen LogP contribution is -2.49. The number of amides is 2. The summed E-state index contributed by atoms with van der Waals surface area (Å²) >= 11 is 0. The summed E-state index contributed by atoms with van der Waals surface area (Å²) in [5.74, 6) is 0.318. The molecule has 2 saturated heterocycles. The Kier molecular flexibility index (Phi) is 8.25. The van der Waals surface area contributed by atoms with Crippen molar-refractivity contribution in [2.45, 2.75) is 50.6 Å². The molecule has 2 aromatic rings. The van der Waals surface area contributed by atoms with Gasteiger partial charge < -0.3 is 10.1 Å². The van der Waals surface area contributed by atoms with Crippen molar-refractivity contribution in [2.24, 2.45) is 11.8 Å². The maximum Gasteiger partial charge on any atom is 0.265 e. The fraction of sp³-hybridized carbons (Fsp3) is 0.517. The lowest BCUT2D eigenvalue weighted by molar-refractivity contribution is -0.125. The van der Waals surface area contributed by atoms with E-state index in [0.29, 0.717) is 24.5 Å². The second kappa shape index (κ2) is 11.7. The lowest BCUT2D eigenvalue weighted by Gasteiger charge is -2.35. The summed E-state index contributed by atoms with van der Waals surface area (Å²) in [4.78, 5) is 29.7. The van der Waals surface area contributed by atoms with E-state index < -0.39 is 10.0 Å². The molecule has 3 aliphatic heterocycles. The maximum atomic E-state index is 13.5. The third kappa shape index (κ3) is 6.45. The number of benzene rings is 2. The van der Waals surface area contributed by atoms with Crippen LogP contribution in [0.5, 0.6) is 5.75 Å². The fourth-order valence-electron chi connectivity index (χ4n) is 5.96. The summed E-state index contributed by atoms with van der Waals surface area (Å²) in [5.41, 5.74) is 1.59. The normalized spacial score (nSPS) is 23.2. The molecule has 1 N–H and O–H groups in total. The Balaban J connectivity index is 1.23. The summed E-state index contributed by atoms with van der Waals surface area (Å²) in [6, 6.07) is 15.0. The van der Waals surface area contributed by atoms with Crippen LogP contribution >= 0.6 is 0 Å². The van der Waals surface area contributed by atoms with Gasteiger partial charge in [0.15, 0.2) is 6.61 Å². The van der Waals surface area contributed by atoms with Gasteiger partial charge in [0.1, 0.15) is 12.3 Å². The molecule has 2 aromatic carbocycles. The monoisotopic (exact) mass is 554 g/mol. The van der Waals surface area contributed by atoms with E-state index in [9.17, 15) is 18.0 Å². The third-order valence-corrected chi connectivity index (χ3v) is 9.68. The molecule has 3 aliphatic rings. The van der Waals surface area contributed by atoms with Gasteiger partial charge in [0.2, 0.25) is 15.9 Å². The minimum atomic E-state index is -3.75. The lowest BCUT2D eigenvalue weighted by atomic mass is 9.94. The van der Waals surface area contributed by atoms with Crippen molar-refractivity contribution >= 4 is 27.5 Å². The topological polar surface area (TPSA) is 99.3 Å². The maximum absolute atomic E-state index is 13.5.